The third-order valence-corrected chi connectivity index (χ3v) is 3.37. The van der Waals surface area contributed by atoms with E-state index in [4.69, 9.17) is 5.11 Å². The first-order chi connectivity index (χ1) is 8.62. The van der Waals surface area contributed by atoms with Gasteiger partial charge in [-0.3, -0.25) is 9.40 Å². The first-order valence-corrected chi connectivity index (χ1v) is 6.54. The van der Waals surface area contributed by atoms with E-state index in [-0.39, 0.29) is 23.9 Å². The maximum absolute atomic E-state index is 11.9. The molecule has 2 N–H and O–H groups in total. The second-order valence-corrected chi connectivity index (χ2v) is 5.06. The van der Waals surface area contributed by atoms with Crippen LogP contribution in [0.15, 0.2) is 35.6 Å². The van der Waals surface area contributed by atoms with Crippen molar-refractivity contribution < 1.29 is 13.5 Å². The summed E-state index contributed by atoms with van der Waals surface area (Å²) in [7, 11) is -3.73. The van der Waals surface area contributed by atoms with E-state index in [1.54, 1.807) is 6.07 Å². The van der Waals surface area contributed by atoms with Crippen LogP contribution >= 0.6 is 0 Å². The van der Waals surface area contributed by atoms with Gasteiger partial charge in [0.1, 0.15) is 4.90 Å². The fourth-order valence-electron chi connectivity index (χ4n) is 1.26. The van der Waals surface area contributed by atoms with Crippen LogP contribution in [0, 0.1) is 0 Å². The molecule has 0 spiro atoms. The Kier molecular flexibility index (Phi) is 3.53. The molecule has 0 radical (unpaired) electrons. The zero-order chi connectivity index (χ0) is 13.0. The van der Waals surface area contributed by atoms with Gasteiger partial charge in [-0.15, -0.1) is 5.10 Å². The standard InChI is InChI=1S/C9H11N5O3S/c15-5-4-14-7-8(6-11-14)18(16,17)13-9-2-1-3-10-12-9/h1-3,6-7,15H,4-5H2,(H,12,13). The van der Waals surface area contributed by atoms with Crippen molar-refractivity contribution in [2.45, 2.75) is 11.4 Å². The van der Waals surface area contributed by atoms with Gasteiger partial charge in [-0.2, -0.15) is 10.2 Å². The molecule has 0 aliphatic carbocycles. The highest BCUT2D eigenvalue weighted by atomic mass is 32.2. The monoisotopic (exact) mass is 269 g/mol. The van der Waals surface area contributed by atoms with Gasteiger partial charge in [-0.05, 0) is 12.1 Å². The molecule has 0 saturated heterocycles. The van der Waals surface area contributed by atoms with Crippen molar-refractivity contribution in [1.29, 1.82) is 0 Å². The van der Waals surface area contributed by atoms with Gasteiger partial charge in [-0.1, -0.05) is 0 Å². The van der Waals surface area contributed by atoms with E-state index in [1.807, 2.05) is 0 Å². The van der Waals surface area contributed by atoms with Crippen LogP contribution in [0.5, 0.6) is 0 Å². The van der Waals surface area contributed by atoms with Gasteiger partial charge in [-0.25, -0.2) is 8.42 Å². The largest absolute Gasteiger partial charge is 0.394 e. The first kappa shape index (κ1) is 12.5. The van der Waals surface area contributed by atoms with Crippen LogP contribution in [-0.2, 0) is 16.6 Å². The van der Waals surface area contributed by atoms with Gasteiger partial charge in [0.05, 0.1) is 19.3 Å². The molecule has 0 bridgehead atoms. The normalized spacial score (nSPS) is 11.4. The Hall–Kier alpha value is -2.00. The molecular weight excluding hydrogens is 258 g/mol. The number of nitrogens with zero attached hydrogens (tertiary/aromatic N) is 4. The van der Waals surface area contributed by atoms with Crippen molar-refractivity contribution in [3.8, 4) is 0 Å². The summed E-state index contributed by atoms with van der Waals surface area (Å²) in [6.45, 7) is 0.124. The second-order valence-electron chi connectivity index (χ2n) is 3.38. The fourth-order valence-corrected chi connectivity index (χ4v) is 2.21. The molecule has 9 heteroatoms. The molecule has 18 heavy (non-hydrogen) atoms. The Balaban J connectivity index is 2.20. The van der Waals surface area contributed by atoms with Gasteiger partial charge >= 0.3 is 0 Å². The lowest BCUT2D eigenvalue weighted by Crippen LogP contribution is -2.13. The van der Waals surface area contributed by atoms with Crippen LogP contribution in [-0.4, -0.2) is 40.1 Å². The Labute approximate surface area is 103 Å². The van der Waals surface area contributed by atoms with Crippen molar-refractivity contribution >= 4 is 15.8 Å². The van der Waals surface area contributed by atoms with Gasteiger partial charge in [0.15, 0.2) is 5.82 Å². The summed E-state index contributed by atoms with van der Waals surface area (Å²) in [6.07, 6.45) is 3.97. The highest BCUT2D eigenvalue weighted by Crippen LogP contribution is 2.12. The molecule has 96 valence electrons. The second kappa shape index (κ2) is 5.10. The number of rotatable bonds is 5. The van der Waals surface area contributed by atoms with Crippen molar-refractivity contribution in [3.05, 3.63) is 30.7 Å². The molecule has 2 heterocycles. The first-order valence-electron chi connectivity index (χ1n) is 5.05. The smallest absolute Gasteiger partial charge is 0.266 e. The molecule has 0 aliphatic rings. The number of sulfonamides is 1. The highest BCUT2D eigenvalue weighted by molar-refractivity contribution is 7.92. The van der Waals surface area contributed by atoms with E-state index < -0.39 is 10.0 Å². The van der Waals surface area contributed by atoms with E-state index in [0.717, 1.165) is 0 Å². The third-order valence-electron chi connectivity index (χ3n) is 2.06. The summed E-state index contributed by atoms with van der Waals surface area (Å²) in [5.74, 6) is 0.132. The zero-order valence-corrected chi connectivity index (χ0v) is 10.1. The topological polar surface area (TPSA) is 110 Å². The van der Waals surface area contributed by atoms with E-state index >= 15 is 0 Å². The lowest BCUT2D eigenvalue weighted by atomic mass is 10.6. The number of aromatic nitrogens is 4. The fraction of sp³-hybridized carbons (Fsp3) is 0.222. The molecule has 0 unspecified atom stereocenters. The van der Waals surface area contributed by atoms with Crippen LogP contribution < -0.4 is 4.72 Å². The van der Waals surface area contributed by atoms with E-state index in [1.165, 1.54) is 29.3 Å². The Bertz CT molecular complexity index is 610. The predicted molar refractivity (Wildman–Crippen MR) is 62.2 cm³/mol. The minimum absolute atomic E-state index is 0.00148. The van der Waals surface area contributed by atoms with Crippen LogP contribution in [0.25, 0.3) is 0 Å². The Morgan fingerprint density at radius 2 is 2.28 bits per heavy atom. The zero-order valence-electron chi connectivity index (χ0n) is 9.26. The predicted octanol–water partition coefficient (Wildman–Crippen LogP) is -0.534. The number of hydrogen-bond acceptors (Lipinski definition) is 6. The van der Waals surface area contributed by atoms with Crippen molar-refractivity contribution in [3.63, 3.8) is 0 Å². The van der Waals surface area contributed by atoms with Crippen molar-refractivity contribution in [2.24, 2.45) is 0 Å². The van der Waals surface area contributed by atoms with Gasteiger partial charge < -0.3 is 5.11 Å². The SMILES string of the molecule is O=S(=O)(Nc1cccnn1)c1cnn(CCO)c1. The van der Waals surface area contributed by atoms with E-state index in [2.05, 4.69) is 20.0 Å². The third kappa shape index (κ3) is 2.81. The molecule has 8 nitrogen and oxygen atoms in total. The van der Waals surface area contributed by atoms with Gasteiger partial charge in [0.2, 0.25) is 0 Å². The van der Waals surface area contributed by atoms with Crippen LogP contribution in [0.2, 0.25) is 0 Å². The average Bonchev–Trinajstić information content (AvgIpc) is 2.80. The van der Waals surface area contributed by atoms with Crippen molar-refractivity contribution in [2.75, 3.05) is 11.3 Å². The number of nitrogens with one attached hydrogen (secondary N) is 1. The van der Waals surface area contributed by atoms with Crippen LogP contribution in [0.4, 0.5) is 5.82 Å². The number of aliphatic hydroxyl groups excluding tert-OH is 1. The lowest BCUT2D eigenvalue weighted by Gasteiger charge is -2.03. The molecular formula is C9H11N5O3S. The van der Waals surface area contributed by atoms with Gasteiger partial charge in [0, 0.05) is 12.4 Å². The molecule has 0 fully saturated rings. The molecule has 0 amide bonds. The Morgan fingerprint density at radius 1 is 1.44 bits per heavy atom. The summed E-state index contributed by atoms with van der Waals surface area (Å²) in [4.78, 5) is 0.00148. The minimum Gasteiger partial charge on any atom is -0.394 e. The summed E-state index contributed by atoms with van der Waals surface area (Å²) in [5, 5.41) is 19.7. The maximum Gasteiger partial charge on any atom is 0.266 e. The number of aliphatic hydroxyl groups is 1. The molecule has 2 aromatic heterocycles. The quantitative estimate of drug-likeness (QED) is 0.754. The molecule has 0 aliphatic heterocycles. The van der Waals surface area contributed by atoms with Crippen LogP contribution in [0.3, 0.4) is 0 Å². The number of anilines is 1. The molecule has 0 atom stereocenters. The summed E-state index contributed by atoms with van der Waals surface area (Å²) >= 11 is 0. The number of hydrogen-bond donors (Lipinski definition) is 2. The average molecular weight is 269 g/mol. The molecule has 0 aromatic carbocycles. The summed E-state index contributed by atoms with van der Waals surface area (Å²) < 4.78 is 27.5. The summed E-state index contributed by atoms with van der Waals surface area (Å²) in [5.41, 5.74) is 0. The van der Waals surface area contributed by atoms with Gasteiger partial charge in [0.25, 0.3) is 10.0 Å². The van der Waals surface area contributed by atoms with E-state index in [9.17, 15) is 8.42 Å². The Morgan fingerprint density at radius 3 is 2.94 bits per heavy atom. The van der Waals surface area contributed by atoms with Crippen LogP contribution in [0.1, 0.15) is 0 Å². The molecule has 0 saturated carbocycles. The van der Waals surface area contributed by atoms with E-state index in [0.29, 0.717) is 0 Å². The molecule has 2 rings (SSSR count). The summed E-state index contributed by atoms with van der Waals surface area (Å²) in [6, 6.07) is 3.06. The lowest BCUT2D eigenvalue weighted by molar-refractivity contribution is 0.269. The highest BCUT2D eigenvalue weighted by Gasteiger charge is 2.17. The minimum atomic E-state index is -3.73. The maximum atomic E-state index is 11.9. The van der Waals surface area contributed by atoms with Crippen molar-refractivity contribution in [1.82, 2.24) is 20.0 Å². The molecule has 2 aromatic rings.